The quantitative estimate of drug-likeness (QED) is 0.363. The van der Waals surface area contributed by atoms with Crippen molar-refractivity contribution in [3.63, 3.8) is 0 Å². The molecule has 0 saturated carbocycles. The van der Waals surface area contributed by atoms with E-state index < -0.39 is 17.5 Å². The molecular formula is C18H22ClF3N4O2S. The van der Waals surface area contributed by atoms with Crippen molar-refractivity contribution < 1.29 is 23.1 Å². The molecule has 6 nitrogen and oxygen atoms in total. The number of aliphatic hydroxyl groups excluding tert-OH is 1. The molecule has 0 atom stereocenters. The number of aryl methyl sites for hydroxylation is 1. The highest BCUT2D eigenvalue weighted by Crippen LogP contribution is 2.30. The number of carbonyl (C=O) groups excluding carboxylic acids is 1. The molecule has 1 amide bonds. The van der Waals surface area contributed by atoms with Gasteiger partial charge in [0.05, 0.1) is 16.8 Å². The van der Waals surface area contributed by atoms with E-state index in [-0.39, 0.29) is 18.2 Å². The number of hydrogen-bond acceptors (Lipinski definition) is 5. The first-order valence-corrected chi connectivity index (χ1v) is 9.90. The molecule has 1 fully saturated rings. The molecule has 3 N–H and O–H groups in total. The van der Waals surface area contributed by atoms with E-state index in [1.807, 2.05) is 30.1 Å². The monoisotopic (exact) mass is 450 g/mol. The van der Waals surface area contributed by atoms with Crippen LogP contribution in [-0.4, -0.2) is 39.6 Å². The molecular weight excluding hydrogens is 429 g/mol. The van der Waals surface area contributed by atoms with Crippen LogP contribution in [0.4, 0.5) is 24.5 Å². The Morgan fingerprint density at radius 1 is 1.24 bits per heavy atom. The summed E-state index contributed by atoms with van der Waals surface area (Å²) < 4.78 is 44.6. The van der Waals surface area contributed by atoms with Crippen molar-refractivity contribution in [2.24, 2.45) is 7.05 Å². The van der Waals surface area contributed by atoms with Gasteiger partial charge in [0, 0.05) is 62.0 Å². The number of hydrogen-bond donors (Lipinski definition) is 3. The maximum atomic E-state index is 12.4. The number of anilines is 2. The summed E-state index contributed by atoms with van der Waals surface area (Å²) in [5.41, 5.74) is 1.88. The van der Waals surface area contributed by atoms with Gasteiger partial charge in [0.1, 0.15) is 0 Å². The number of nitrogens with zero attached hydrogens (tertiary/aromatic N) is 2. The second-order valence-electron chi connectivity index (χ2n) is 6.42. The van der Waals surface area contributed by atoms with Crippen LogP contribution in [0, 0.1) is 24.4 Å². The molecule has 3 rings (SSSR count). The fraction of sp³-hybridized carbons (Fsp3) is 0.389. The minimum absolute atomic E-state index is 0.124. The molecule has 1 aromatic heterocycles. The molecule has 1 saturated heterocycles. The second kappa shape index (κ2) is 10.8. The summed E-state index contributed by atoms with van der Waals surface area (Å²) in [4.78, 5) is 9.83. The van der Waals surface area contributed by atoms with Crippen molar-refractivity contribution in [3.8, 4) is 0 Å². The normalized spacial score (nSPS) is 14.9. The van der Waals surface area contributed by atoms with E-state index >= 15 is 0 Å². The maximum absolute atomic E-state index is 12.4. The Morgan fingerprint density at radius 3 is 2.31 bits per heavy atom. The Labute approximate surface area is 176 Å². The summed E-state index contributed by atoms with van der Waals surface area (Å²) in [6.45, 7) is 3.81. The van der Waals surface area contributed by atoms with Gasteiger partial charge in [0.2, 0.25) is 6.41 Å². The lowest BCUT2D eigenvalue weighted by Gasteiger charge is -2.27. The molecule has 1 aliphatic rings. The zero-order chi connectivity index (χ0) is 21.6. The van der Waals surface area contributed by atoms with Gasteiger partial charge in [-0.15, -0.1) is 0 Å². The SMILES string of the molecule is Cc1c(Cl)c(NSN2CCC(O)CC2)cn1C.O=CNc1cc(F)c(F)c(F)c1. The summed E-state index contributed by atoms with van der Waals surface area (Å²) >= 11 is 7.76. The molecule has 0 unspecified atom stereocenters. The first-order valence-electron chi connectivity index (χ1n) is 8.75. The molecule has 2 aromatic rings. The highest BCUT2D eigenvalue weighted by atomic mass is 35.5. The van der Waals surface area contributed by atoms with Crippen molar-refractivity contribution >= 4 is 41.5 Å². The first kappa shape index (κ1) is 23.4. The third-order valence-corrected chi connectivity index (χ3v) is 5.74. The smallest absolute Gasteiger partial charge is 0.211 e. The summed E-state index contributed by atoms with van der Waals surface area (Å²) in [6, 6.07) is 1.37. The minimum atomic E-state index is -1.55. The second-order valence-corrected chi connectivity index (χ2v) is 7.70. The predicted molar refractivity (Wildman–Crippen MR) is 109 cm³/mol. The van der Waals surface area contributed by atoms with Crippen molar-refractivity contribution in [2.75, 3.05) is 23.1 Å². The highest BCUT2D eigenvalue weighted by Gasteiger charge is 2.18. The lowest BCUT2D eigenvalue weighted by Crippen LogP contribution is -2.31. The van der Waals surface area contributed by atoms with Gasteiger partial charge >= 0.3 is 0 Å². The lowest BCUT2D eigenvalue weighted by molar-refractivity contribution is -0.105. The number of rotatable bonds is 5. The predicted octanol–water partition coefficient (Wildman–Crippen LogP) is 4.09. The van der Waals surface area contributed by atoms with Gasteiger partial charge in [0.15, 0.2) is 17.5 Å². The number of benzene rings is 1. The Kier molecular flexibility index (Phi) is 8.69. The van der Waals surface area contributed by atoms with Gasteiger partial charge in [-0.1, -0.05) is 11.6 Å². The van der Waals surface area contributed by atoms with E-state index in [9.17, 15) is 23.1 Å². The molecule has 0 radical (unpaired) electrons. The van der Waals surface area contributed by atoms with E-state index in [4.69, 9.17) is 11.6 Å². The van der Waals surface area contributed by atoms with Gasteiger partial charge in [0.25, 0.3) is 0 Å². The summed E-state index contributed by atoms with van der Waals surface area (Å²) in [6.07, 6.45) is 3.79. The Bertz CT molecular complexity index is 822. The van der Waals surface area contributed by atoms with Crippen LogP contribution < -0.4 is 10.0 Å². The van der Waals surface area contributed by atoms with Crippen LogP contribution in [0.25, 0.3) is 0 Å². The van der Waals surface area contributed by atoms with Gasteiger partial charge in [-0.2, -0.15) is 0 Å². The molecule has 1 aliphatic heterocycles. The van der Waals surface area contributed by atoms with Crippen LogP contribution in [0.2, 0.25) is 5.02 Å². The van der Waals surface area contributed by atoms with E-state index in [2.05, 4.69) is 9.03 Å². The summed E-state index contributed by atoms with van der Waals surface area (Å²) in [5.74, 6) is -4.22. The Hall–Kier alpha value is -1.88. The topological polar surface area (TPSA) is 69.5 Å². The third-order valence-electron chi connectivity index (χ3n) is 4.32. The summed E-state index contributed by atoms with van der Waals surface area (Å²) in [7, 11) is 1.98. The van der Waals surface area contributed by atoms with Gasteiger partial charge in [-0.3, -0.25) is 4.79 Å². The molecule has 0 aliphatic carbocycles. The number of aromatic nitrogens is 1. The molecule has 0 bridgehead atoms. The van der Waals surface area contributed by atoms with Gasteiger partial charge in [-0.05, 0) is 19.8 Å². The standard InChI is InChI=1S/C11H18ClN3OS.C7H4F3NO/c1-8-11(12)10(7-14(8)2)13-17-15-5-3-9(16)4-6-15;8-5-1-4(11-3-12)2-6(9)7(5)10/h7,9,13,16H,3-6H2,1-2H3;1-3H,(H,11,12). The van der Waals surface area contributed by atoms with E-state index in [0.29, 0.717) is 12.1 Å². The zero-order valence-electron chi connectivity index (χ0n) is 15.9. The van der Waals surface area contributed by atoms with Crippen LogP contribution in [0.1, 0.15) is 18.5 Å². The molecule has 0 spiro atoms. The third kappa shape index (κ3) is 6.56. The fourth-order valence-corrected chi connectivity index (χ4v) is 3.58. The van der Waals surface area contributed by atoms with E-state index in [1.54, 1.807) is 12.1 Å². The molecule has 160 valence electrons. The molecule has 29 heavy (non-hydrogen) atoms. The lowest BCUT2D eigenvalue weighted by atomic mass is 10.1. The first-order chi connectivity index (χ1) is 13.7. The van der Waals surface area contributed by atoms with E-state index in [0.717, 1.165) is 42.3 Å². The van der Waals surface area contributed by atoms with Crippen LogP contribution in [-0.2, 0) is 11.8 Å². The van der Waals surface area contributed by atoms with Crippen LogP contribution >= 0.6 is 23.7 Å². The average molecular weight is 451 g/mol. The molecule has 1 aromatic carbocycles. The number of piperidine rings is 1. The van der Waals surface area contributed by atoms with E-state index in [1.165, 1.54) is 0 Å². The highest BCUT2D eigenvalue weighted by molar-refractivity contribution is 7.98. The van der Waals surface area contributed by atoms with Crippen molar-refractivity contribution in [1.29, 1.82) is 0 Å². The molecule has 11 heteroatoms. The number of halogens is 4. The molecule has 2 heterocycles. The fourth-order valence-electron chi connectivity index (χ4n) is 2.52. The van der Waals surface area contributed by atoms with Crippen molar-refractivity contribution in [1.82, 2.24) is 8.87 Å². The van der Waals surface area contributed by atoms with Crippen LogP contribution in [0.5, 0.6) is 0 Å². The van der Waals surface area contributed by atoms with Crippen molar-refractivity contribution in [3.05, 3.63) is 46.5 Å². The summed E-state index contributed by atoms with van der Waals surface area (Å²) in [5, 5.41) is 12.2. The number of amides is 1. The largest absolute Gasteiger partial charge is 0.393 e. The Balaban J connectivity index is 0.000000221. The number of nitrogens with one attached hydrogen (secondary N) is 2. The van der Waals surface area contributed by atoms with Crippen LogP contribution in [0.3, 0.4) is 0 Å². The van der Waals surface area contributed by atoms with Crippen molar-refractivity contribution in [2.45, 2.75) is 25.9 Å². The Morgan fingerprint density at radius 2 is 1.83 bits per heavy atom. The maximum Gasteiger partial charge on any atom is 0.211 e. The number of carbonyl (C=O) groups is 1. The average Bonchev–Trinajstić information content (AvgIpc) is 2.93. The minimum Gasteiger partial charge on any atom is -0.393 e. The number of aliphatic hydroxyl groups is 1. The van der Waals surface area contributed by atoms with Gasteiger partial charge < -0.3 is 19.7 Å². The van der Waals surface area contributed by atoms with Crippen LogP contribution in [0.15, 0.2) is 18.3 Å². The zero-order valence-corrected chi connectivity index (χ0v) is 17.5. The van der Waals surface area contributed by atoms with Gasteiger partial charge in [-0.25, -0.2) is 17.5 Å².